The molecule has 1 aromatic carbocycles. The van der Waals surface area contributed by atoms with Crippen molar-refractivity contribution in [3.8, 4) is 0 Å². The number of pyridine rings is 1. The van der Waals surface area contributed by atoms with Gasteiger partial charge < -0.3 is 9.88 Å². The molecule has 5 rings (SSSR count). The Kier molecular flexibility index (Phi) is 6.26. The lowest BCUT2D eigenvalue weighted by molar-refractivity contribution is -0.121. The quantitative estimate of drug-likeness (QED) is 0.590. The summed E-state index contributed by atoms with van der Waals surface area (Å²) in [4.78, 5) is 20.1. The van der Waals surface area contributed by atoms with E-state index in [4.69, 9.17) is 4.98 Å². The molecule has 1 unspecified atom stereocenters. The molecule has 3 aromatic rings. The second-order valence-electron chi connectivity index (χ2n) is 9.49. The summed E-state index contributed by atoms with van der Waals surface area (Å²) in [7, 11) is 0. The van der Waals surface area contributed by atoms with Crippen LogP contribution in [0.3, 0.4) is 0 Å². The molecule has 1 saturated heterocycles. The Labute approximate surface area is 190 Å². The number of nitrogens with zero attached hydrogens (tertiary/aromatic N) is 3. The van der Waals surface area contributed by atoms with Crippen molar-refractivity contribution in [1.82, 2.24) is 19.8 Å². The van der Waals surface area contributed by atoms with Gasteiger partial charge in [-0.25, -0.2) is 0 Å². The first kappa shape index (κ1) is 21.2. The van der Waals surface area contributed by atoms with Gasteiger partial charge in [-0.2, -0.15) is 0 Å². The molecule has 2 aliphatic rings. The lowest BCUT2D eigenvalue weighted by atomic mass is 9.93. The number of para-hydroxylation sites is 1. The number of amides is 1. The van der Waals surface area contributed by atoms with E-state index in [2.05, 4.69) is 52.0 Å². The van der Waals surface area contributed by atoms with E-state index in [1.807, 2.05) is 18.3 Å². The molecule has 32 heavy (non-hydrogen) atoms. The lowest BCUT2D eigenvalue weighted by Gasteiger charge is -2.35. The molecule has 168 valence electrons. The van der Waals surface area contributed by atoms with Crippen molar-refractivity contribution >= 4 is 16.8 Å². The van der Waals surface area contributed by atoms with Crippen LogP contribution in [0.1, 0.15) is 67.9 Å². The molecule has 0 radical (unpaired) electrons. The van der Waals surface area contributed by atoms with Crippen LogP contribution in [0.15, 0.2) is 48.7 Å². The summed E-state index contributed by atoms with van der Waals surface area (Å²) in [6.07, 6.45) is 11.3. The highest BCUT2D eigenvalue weighted by Crippen LogP contribution is 2.36. The summed E-state index contributed by atoms with van der Waals surface area (Å²) in [5.74, 6) is 0.0257. The van der Waals surface area contributed by atoms with Gasteiger partial charge in [-0.1, -0.05) is 43.5 Å². The van der Waals surface area contributed by atoms with E-state index in [1.54, 1.807) is 0 Å². The van der Waals surface area contributed by atoms with Gasteiger partial charge in [-0.05, 0) is 68.3 Å². The summed E-state index contributed by atoms with van der Waals surface area (Å²) in [5.41, 5.74) is 4.45. The molecule has 0 bridgehead atoms. The molecular weight excluding hydrogens is 396 g/mol. The van der Waals surface area contributed by atoms with E-state index >= 15 is 0 Å². The highest BCUT2D eigenvalue weighted by atomic mass is 16.1. The molecule has 5 heteroatoms. The minimum absolute atomic E-state index is 0.0257. The largest absolute Gasteiger partial charge is 0.350 e. The average Bonchev–Trinajstić information content (AvgIpc) is 3.44. The van der Waals surface area contributed by atoms with Crippen LogP contribution in [0, 0.1) is 6.92 Å². The van der Waals surface area contributed by atoms with Crippen molar-refractivity contribution in [1.29, 1.82) is 0 Å². The van der Waals surface area contributed by atoms with Gasteiger partial charge in [0.05, 0.1) is 11.7 Å². The monoisotopic (exact) mass is 430 g/mol. The molecular formula is C27H34N4O. The number of fused-ring (bicyclic) bond motifs is 1. The highest BCUT2D eigenvalue weighted by Gasteiger charge is 2.32. The standard InChI is InChI=1S/C27H34N4O/c1-20-16-22-8-5-6-11-25(22)31(20)19-27(32)29-18-21-13-14-24(28-17-21)26-12-7-15-30(26)23-9-3-2-4-10-23/h5-6,8,11,13-14,16-17,23,26H,2-4,7,9-10,12,15,18-19H2,1H3,(H,29,32). The smallest absolute Gasteiger partial charge is 0.240 e. The fraction of sp³-hybridized carbons (Fsp3) is 0.481. The SMILES string of the molecule is Cc1cc2ccccc2n1CC(=O)NCc1ccc(C2CCCN2C2CCCCC2)nc1. The Morgan fingerprint density at radius 3 is 2.72 bits per heavy atom. The Morgan fingerprint density at radius 2 is 1.91 bits per heavy atom. The van der Waals surface area contributed by atoms with E-state index < -0.39 is 0 Å². The zero-order valence-electron chi connectivity index (χ0n) is 19.1. The number of carbonyl (C=O) groups excluding carboxylic acids is 1. The fourth-order valence-corrected chi connectivity index (χ4v) is 5.65. The van der Waals surface area contributed by atoms with Crippen molar-refractivity contribution in [2.75, 3.05) is 6.54 Å². The number of rotatable bonds is 6. The molecule has 0 spiro atoms. The van der Waals surface area contributed by atoms with E-state index in [0.717, 1.165) is 22.8 Å². The summed E-state index contributed by atoms with van der Waals surface area (Å²) in [5, 5.41) is 4.24. The fourth-order valence-electron chi connectivity index (χ4n) is 5.65. The topological polar surface area (TPSA) is 50.2 Å². The van der Waals surface area contributed by atoms with Crippen molar-refractivity contribution in [2.45, 2.75) is 77.0 Å². The molecule has 1 saturated carbocycles. The Balaban J connectivity index is 1.18. The number of benzene rings is 1. The van der Waals surface area contributed by atoms with E-state index in [0.29, 0.717) is 19.1 Å². The number of hydrogen-bond donors (Lipinski definition) is 1. The summed E-state index contributed by atoms with van der Waals surface area (Å²) in [6, 6.07) is 15.9. The van der Waals surface area contributed by atoms with Gasteiger partial charge in [0.1, 0.15) is 6.54 Å². The van der Waals surface area contributed by atoms with Gasteiger partial charge in [0.15, 0.2) is 0 Å². The number of aromatic nitrogens is 2. The van der Waals surface area contributed by atoms with E-state index in [9.17, 15) is 4.79 Å². The van der Waals surface area contributed by atoms with Gasteiger partial charge in [-0.15, -0.1) is 0 Å². The third-order valence-electron chi connectivity index (χ3n) is 7.34. The first-order chi connectivity index (χ1) is 15.7. The maximum Gasteiger partial charge on any atom is 0.240 e. The molecule has 5 nitrogen and oxygen atoms in total. The maximum absolute atomic E-state index is 12.6. The predicted octanol–water partition coefficient (Wildman–Crippen LogP) is 5.13. The number of nitrogens with one attached hydrogen (secondary N) is 1. The van der Waals surface area contributed by atoms with Crippen LogP contribution in [-0.4, -0.2) is 32.9 Å². The minimum atomic E-state index is 0.0257. The van der Waals surface area contributed by atoms with Crippen molar-refractivity contribution in [3.63, 3.8) is 0 Å². The minimum Gasteiger partial charge on any atom is -0.350 e. The first-order valence-electron chi connectivity index (χ1n) is 12.2. The summed E-state index contributed by atoms with van der Waals surface area (Å²) in [6.45, 7) is 4.11. The molecule has 3 heterocycles. The third-order valence-corrected chi connectivity index (χ3v) is 7.34. The zero-order chi connectivity index (χ0) is 21.9. The molecule has 1 aliphatic heterocycles. The Hall–Kier alpha value is -2.66. The van der Waals surface area contributed by atoms with Gasteiger partial charge >= 0.3 is 0 Å². The highest BCUT2D eigenvalue weighted by molar-refractivity contribution is 5.84. The predicted molar refractivity (Wildman–Crippen MR) is 128 cm³/mol. The average molecular weight is 431 g/mol. The molecule has 1 atom stereocenters. The Morgan fingerprint density at radius 1 is 1.06 bits per heavy atom. The van der Waals surface area contributed by atoms with Crippen LogP contribution in [0.25, 0.3) is 10.9 Å². The van der Waals surface area contributed by atoms with Crippen LogP contribution in [-0.2, 0) is 17.9 Å². The van der Waals surface area contributed by atoms with Crippen molar-refractivity contribution in [3.05, 3.63) is 65.6 Å². The van der Waals surface area contributed by atoms with Crippen LogP contribution in [0.5, 0.6) is 0 Å². The zero-order valence-corrected chi connectivity index (χ0v) is 19.1. The lowest BCUT2D eigenvalue weighted by Crippen LogP contribution is -2.36. The number of likely N-dealkylation sites (tertiary alicyclic amines) is 1. The second kappa shape index (κ2) is 9.45. The summed E-state index contributed by atoms with van der Waals surface area (Å²) < 4.78 is 2.08. The third kappa shape index (κ3) is 4.44. The molecule has 2 fully saturated rings. The Bertz CT molecular complexity index is 1060. The van der Waals surface area contributed by atoms with Gasteiger partial charge in [0.25, 0.3) is 0 Å². The van der Waals surface area contributed by atoms with E-state index in [-0.39, 0.29) is 5.91 Å². The summed E-state index contributed by atoms with van der Waals surface area (Å²) >= 11 is 0. The molecule has 2 aromatic heterocycles. The van der Waals surface area contributed by atoms with Crippen molar-refractivity contribution < 1.29 is 4.79 Å². The van der Waals surface area contributed by atoms with E-state index in [1.165, 1.54) is 62.6 Å². The van der Waals surface area contributed by atoms with Crippen LogP contribution in [0.4, 0.5) is 0 Å². The van der Waals surface area contributed by atoms with Gasteiger partial charge in [0.2, 0.25) is 5.91 Å². The molecule has 1 aliphatic carbocycles. The normalized spacial score (nSPS) is 20.1. The maximum atomic E-state index is 12.6. The molecule has 1 N–H and O–H groups in total. The number of hydrogen-bond acceptors (Lipinski definition) is 3. The van der Waals surface area contributed by atoms with Crippen LogP contribution in [0.2, 0.25) is 0 Å². The van der Waals surface area contributed by atoms with Crippen LogP contribution < -0.4 is 5.32 Å². The van der Waals surface area contributed by atoms with Crippen LogP contribution >= 0.6 is 0 Å². The first-order valence-corrected chi connectivity index (χ1v) is 12.2. The molecule has 1 amide bonds. The van der Waals surface area contributed by atoms with Gasteiger partial charge in [0, 0.05) is 30.0 Å². The second-order valence-corrected chi connectivity index (χ2v) is 9.49. The number of aryl methyl sites for hydroxylation is 1. The number of carbonyl (C=O) groups is 1. The van der Waals surface area contributed by atoms with Crippen molar-refractivity contribution in [2.24, 2.45) is 0 Å². The van der Waals surface area contributed by atoms with Gasteiger partial charge in [-0.3, -0.25) is 14.7 Å².